The molecule has 0 aliphatic carbocycles. The first-order chi connectivity index (χ1) is 19.3. The number of aliphatic hydroxyl groups excluding tert-OH is 1. The smallest absolute Gasteiger partial charge is 0.300 e. The Morgan fingerprint density at radius 2 is 1.48 bits per heavy atom. The molecule has 1 atom stereocenters. The maximum absolute atomic E-state index is 13.5. The lowest BCUT2D eigenvalue weighted by molar-refractivity contribution is -0.132. The number of aliphatic hydroxyl groups is 1. The summed E-state index contributed by atoms with van der Waals surface area (Å²) in [4.78, 5) is 28.4. The van der Waals surface area contributed by atoms with E-state index in [9.17, 15) is 14.7 Å². The minimum Gasteiger partial charge on any atom is -0.507 e. The van der Waals surface area contributed by atoms with Crippen molar-refractivity contribution in [1.29, 1.82) is 0 Å². The first-order valence-corrected chi connectivity index (χ1v) is 13.3. The topological polar surface area (TPSA) is 76.1 Å². The second-order valence-electron chi connectivity index (χ2n) is 10.2. The molecular weight excluding hydrogens is 502 g/mol. The Balaban J connectivity index is 1.53. The fourth-order valence-corrected chi connectivity index (χ4v) is 4.68. The number of hydrogen-bond acceptors (Lipinski definition) is 5. The van der Waals surface area contributed by atoms with E-state index in [4.69, 9.17) is 9.47 Å². The number of aryl methyl sites for hydroxylation is 1. The summed E-state index contributed by atoms with van der Waals surface area (Å²) < 4.78 is 11.7. The van der Waals surface area contributed by atoms with Crippen LogP contribution in [0.5, 0.6) is 17.2 Å². The Morgan fingerprint density at radius 1 is 0.825 bits per heavy atom. The van der Waals surface area contributed by atoms with Crippen LogP contribution in [-0.4, -0.2) is 23.4 Å². The summed E-state index contributed by atoms with van der Waals surface area (Å²) in [6.07, 6.45) is 0. The van der Waals surface area contributed by atoms with Gasteiger partial charge in [0.15, 0.2) is 0 Å². The third-order valence-corrected chi connectivity index (χ3v) is 6.61. The SMILES string of the molecule is Cc1cccc(C2/C(=C(/O)c3ccc(OCC(C)C)cc3)C(=O)C(=O)N2c2ccc(Oc3ccccc3)cc2)c1. The van der Waals surface area contributed by atoms with Crippen molar-refractivity contribution in [3.8, 4) is 17.2 Å². The number of Topliss-reactive ketones (excluding diaryl/α,β-unsaturated/α-hetero) is 1. The van der Waals surface area contributed by atoms with Crippen LogP contribution in [0.25, 0.3) is 5.76 Å². The van der Waals surface area contributed by atoms with Crippen molar-refractivity contribution in [2.45, 2.75) is 26.8 Å². The van der Waals surface area contributed by atoms with Crippen LogP contribution < -0.4 is 14.4 Å². The van der Waals surface area contributed by atoms with Crippen molar-refractivity contribution in [1.82, 2.24) is 0 Å². The molecule has 1 unspecified atom stereocenters. The molecule has 1 saturated heterocycles. The fourth-order valence-electron chi connectivity index (χ4n) is 4.68. The highest BCUT2D eigenvalue weighted by Crippen LogP contribution is 2.43. The molecule has 1 aliphatic heterocycles. The van der Waals surface area contributed by atoms with Gasteiger partial charge in [-0.15, -0.1) is 0 Å². The van der Waals surface area contributed by atoms with Crippen LogP contribution in [0.4, 0.5) is 5.69 Å². The molecule has 0 aromatic heterocycles. The van der Waals surface area contributed by atoms with E-state index in [2.05, 4.69) is 13.8 Å². The van der Waals surface area contributed by atoms with Crippen LogP contribution in [0.2, 0.25) is 0 Å². The zero-order valence-corrected chi connectivity index (χ0v) is 22.7. The van der Waals surface area contributed by atoms with E-state index >= 15 is 0 Å². The molecule has 4 aromatic rings. The summed E-state index contributed by atoms with van der Waals surface area (Å²) >= 11 is 0. The van der Waals surface area contributed by atoms with Crippen LogP contribution in [-0.2, 0) is 9.59 Å². The van der Waals surface area contributed by atoms with Gasteiger partial charge in [-0.1, -0.05) is 61.9 Å². The minimum atomic E-state index is -0.808. The number of amides is 1. The molecule has 4 aromatic carbocycles. The highest BCUT2D eigenvalue weighted by Gasteiger charge is 2.47. The molecule has 0 bridgehead atoms. The first-order valence-electron chi connectivity index (χ1n) is 13.3. The molecule has 1 heterocycles. The molecule has 202 valence electrons. The monoisotopic (exact) mass is 533 g/mol. The fraction of sp³-hybridized carbons (Fsp3) is 0.176. The van der Waals surface area contributed by atoms with Crippen molar-refractivity contribution in [2.75, 3.05) is 11.5 Å². The lowest BCUT2D eigenvalue weighted by atomic mass is 9.94. The maximum atomic E-state index is 13.5. The summed E-state index contributed by atoms with van der Waals surface area (Å²) in [5.74, 6) is 0.646. The van der Waals surface area contributed by atoms with Crippen molar-refractivity contribution in [3.05, 3.63) is 125 Å². The van der Waals surface area contributed by atoms with Gasteiger partial charge < -0.3 is 14.6 Å². The molecule has 1 fully saturated rings. The van der Waals surface area contributed by atoms with Crippen molar-refractivity contribution >= 4 is 23.1 Å². The number of carbonyl (C=O) groups excluding carboxylic acids is 2. The van der Waals surface area contributed by atoms with Gasteiger partial charge in [0.05, 0.1) is 18.2 Å². The van der Waals surface area contributed by atoms with Crippen LogP contribution in [0.15, 0.2) is 109 Å². The van der Waals surface area contributed by atoms with E-state index < -0.39 is 17.7 Å². The molecule has 1 N–H and O–H groups in total. The van der Waals surface area contributed by atoms with Gasteiger partial charge in [0.1, 0.15) is 23.0 Å². The molecular formula is C34H31NO5. The van der Waals surface area contributed by atoms with E-state index in [0.29, 0.717) is 41.0 Å². The number of anilines is 1. The quantitative estimate of drug-likeness (QED) is 0.145. The molecule has 6 nitrogen and oxygen atoms in total. The largest absolute Gasteiger partial charge is 0.507 e. The Hall–Kier alpha value is -4.84. The minimum absolute atomic E-state index is 0.0380. The molecule has 0 radical (unpaired) electrons. The molecule has 1 amide bonds. The van der Waals surface area contributed by atoms with E-state index in [1.807, 2.05) is 61.5 Å². The molecule has 6 heteroatoms. The second-order valence-corrected chi connectivity index (χ2v) is 10.2. The summed E-state index contributed by atoms with van der Waals surface area (Å²) in [7, 11) is 0. The molecule has 5 rings (SSSR count). The number of carbonyl (C=O) groups is 2. The number of ketones is 1. The summed E-state index contributed by atoms with van der Waals surface area (Å²) in [6, 6.07) is 30.1. The van der Waals surface area contributed by atoms with Gasteiger partial charge in [-0.3, -0.25) is 14.5 Å². The van der Waals surface area contributed by atoms with Gasteiger partial charge in [0.25, 0.3) is 11.7 Å². The molecule has 0 spiro atoms. The summed E-state index contributed by atoms with van der Waals surface area (Å²) in [6.45, 7) is 6.64. The number of hydrogen-bond donors (Lipinski definition) is 1. The lowest BCUT2D eigenvalue weighted by Gasteiger charge is -2.26. The number of benzene rings is 4. The number of rotatable bonds is 8. The van der Waals surface area contributed by atoms with E-state index in [0.717, 1.165) is 11.1 Å². The molecule has 40 heavy (non-hydrogen) atoms. The van der Waals surface area contributed by atoms with E-state index in [-0.39, 0.29) is 11.3 Å². The summed E-state index contributed by atoms with van der Waals surface area (Å²) in [5, 5.41) is 11.4. The zero-order chi connectivity index (χ0) is 28.2. The van der Waals surface area contributed by atoms with Crippen LogP contribution in [0.1, 0.15) is 36.6 Å². The Labute approximate surface area is 234 Å². The normalized spacial score (nSPS) is 16.4. The third-order valence-electron chi connectivity index (χ3n) is 6.61. The van der Waals surface area contributed by atoms with Gasteiger partial charge >= 0.3 is 0 Å². The Bertz CT molecular complexity index is 1540. The maximum Gasteiger partial charge on any atom is 0.300 e. The zero-order valence-electron chi connectivity index (χ0n) is 22.7. The van der Waals surface area contributed by atoms with Gasteiger partial charge in [-0.2, -0.15) is 0 Å². The van der Waals surface area contributed by atoms with Crippen molar-refractivity contribution in [3.63, 3.8) is 0 Å². The van der Waals surface area contributed by atoms with Crippen LogP contribution in [0, 0.1) is 12.8 Å². The standard InChI is InChI=1S/C34H31NO5/c1-22(2)21-39-27-16-12-24(13-17-27)32(36)30-31(25-9-7-8-23(3)20-25)35(34(38)33(30)37)26-14-18-29(19-15-26)40-28-10-5-4-6-11-28/h4-20,22,31,36H,21H2,1-3H3/b32-30-. The predicted octanol–water partition coefficient (Wildman–Crippen LogP) is 7.45. The van der Waals surface area contributed by atoms with Gasteiger partial charge in [-0.25, -0.2) is 0 Å². The Kier molecular flexibility index (Phi) is 7.69. The van der Waals surface area contributed by atoms with Crippen molar-refractivity contribution in [2.24, 2.45) is 5.92 Å². The van der Waals surface area contributed by atoms with Gasteiger partial charge in [0, 0.05) is 11.3 Å². The van der Waals surface area contributed by atoms with E-state index in [1.54, 1.807) is 48.5 Å². The van der Waals surface area contributed by atoms with Crippen LogP contribution in [0.3, 0.4) is 0 Å². The molecule has 1 aliphatic rings. The van der Waals surface area contributed by atoms with Gasteiger partial charge in [0.2, 0.25) is 0 Å². The average molecular weight is 534 g/mol. The predicted molar refractivity (Wildman–Crippen MR) is 156 cm³/mol. The number of nitrogens with zero attached hydrogens (tertiary/aromatic N) is 1. The lowest BCUT2D eigenvalue weighted by Crippen LogP contribution is -2.29. The number of para-hydroxylation sites is 1. The highest BCUT2D eigenvalue weighted by atomic mass is 16.5. The van der Waals surface area contributed by atoms with E-state index in [1.165, 1.54) is 4.90 Å². The summed E-state index contributed by atoms with van der Waals surface area (Å²) in [5.41, 5.74) is 2.68. The highest BCUT2D eigenvalue weighted by molar-refractivity contribution is 6.51. The first kappa shape index (κ1) is 26.8. The van der Waals surface area contributed by atoms with Crippen molar-refractivity contribution < 1.29 is 24.2 Å². The van der Waals surface area contributed by atoms with Gasteiger partial charge in [-0.05, 0) is 79.1 Å². The average Bonchev–Trinajstić information content (AvgIpc) is 3.23. The second kappa shape index (κ2) is 11.5. The molecule has 0 saturated carbocycles. The van der Waals surface area contributed by atoms with Crippen LogP contribution >= 0.6 is 0 Å². The third kappa shape index (κ3) is 5.61. The number of ether oxygens (including phenoxy) is 2. The Morgan fingerprint density at radius 3 is 2.12 bits per heavy atom.